The number of aliphatic hydroxyl groups excluding tert-OH is 1. The molecule has 1 aliphatic heterocycles. The predicted octanol–water partition coefficient (Wildman–Crippen LogP) is 2.40. The van der Waals surface area contributed by atoms with Gasteiger partial charge in [-0.15, -0.1) is 0 Å². The molecule has 2 heterocycles. The van der Waals surface area contributed by atoms with Crippen LogP contribution in [0.1, 0.15) is 24.8 Å². The van der Waals surface area contributed by atoms with Crippen molar-refractivity contribution in [2.75, 3.05) is 13.1 Å². The molecule has 2 aromatic rings. The fraction of sp³-hybridized carbons (Fsp3) is 0.412. The van der Waals surface area contributed by atoms with Crippen LogP contribution in [0.15, 0.2) is 35.0 Å². The molecule has 1 amide bonds. The highest BCUT2D eigenvalue weighted by Gasteiger charge is 2.21. The van der Waals surface area contributed by atoms with Crippen molar-refractivity contribution in [1.29, 1.82) is 0 Å². The number of hydrogen-bond donors (Lipinski definition) is 1. The van der Waals surface area contributed by atoms with Gasteiger partial charge >= 0.3 is 0 Å². The number of amides is 1. The Morgan fingerprint density at radius 1 is 1.30 bits per heavy atom. The van der Waals surface area contributed by atoms with Crippen LogP contribution in [-0.4, -0.2) is 40.3 Å². The van der Waals surface area contributed by atoms with Gasteiger partial charge in [0.05, 0.1) is 12.3 Å². The van der Waals surface area contributed by atoms with E-state index in [2.05, 4.69) is 5.16 Å². The zero-order valence-electron chi connectivity index (χ0n) is 12.7. The molecule has 3 rings (SSSR count). The Hall–Kier alpha value is -2.21. The molecule has 122 valence electrons. The van der Waals surface area contributed by atoms with Gasteiger partial charge in [-0.05, 0) is 43.5 Å². The summed E-state index contributed by atoms with van der Waals surface area (Å²) in [7, 11) is 0. The molecule has 1 N–H and O–H groups in total. The summed E-state index contributed by atoms with van der Waals surface area (Å²) < 4.78 is 18.3. The number of hydrogen-bond acceptors (Lipinski definition) is 4. The largest absolute Gasteiger partial charge is 0.393 e. The quantitative estimate of drug-likeness (QED) is 0.940. The molecule has 1 aliphatic rings. The van der Waals surface area contributed by atoms with E-state index in [1.165, 1.54) is 12.1 Å². The van der Waals surface area contributed by atoms with E-state index in [4.69, 9.17) is 4.52 Å². The van der Waals surface area contributed by atoms with E-state index in [-0.39, 0.29) is 17.8 Å². The van der Waals surface area contributed by atoms with Gasteiger partial charge in [0.15, 0.2) is 5.76 Å². The topological polar surface area (TPSA) is 66.6 Å². The Labute approximate surface area is 133 Å². The number of likely N-dealkylation sites (tertiary alicyclic amines) is 1. The molecule has 1 aromatic heterocycles. The molecule has 1 aromatic carbocycles. The monoisotopic (exact) mass is 318 g/mol. The number of aryl methyl sites for hydroxylation is 1. The van der Waals surface area contributed by atoms with E-state index < -0.39 is 0 Å². The second-order valence-electron chi connectivity index (χ2n) is 5.80. The predicted molar refractivity (Wildman–Crippen MR) is 82.0 cm³/mol. The number of rotatable bonds is 4. The van der Waals surface area contributed by atoms with Gasteiger partial charge in [-0.3, -0.25) is 4.79 Å². The van der Waals surface area contributed by atoms with Gasteiger partial charge in [-0.1, -0.05) is 5.16 Å². The van der Waals surface area contributed by atoms with Gasteiger partial charge in [0, 0.05) is 30.6 Å². The average Bonchev–Trinajstić information content (AvgIpc) is 3.02. The first-order valence-electron chi connectivity index (χ1n) is 7.79. The van der Waals surface area contributed by atoms with Crippen molar-refractivity contribution in [2.45, 2.75) is 31.8 Å². The van der Waals surface area contributed by atoms with Gasteiger partial charge in [0.2, 0.25) is 5.91 Å². The highest BCUT2D eigenvalue weighted by Crippen LogP contribution is 2.25. The molecule has 5 nitrogen and oxygen atoms in total. The number of carbonyl (C=O) groups is 1. The zero-order chi connectivity index (χ0) is 16.2. The van der Waals surface area contributed by atoms with Crippen LogP contribution >= 0.6 is 0 Å². The Kier molecular flexibility index (Phi) is 4.71. The average molecular weight is 318 g/mol. The van der Waals surface area contributed by atoms with Crippen LogP contribution < -0.4 is 0 Å². The molecule has 0 unspecified atom stereocenters. The van der Waals surface area contributed by atoms with Gasteiger partial charge in [-0.25, -0.2) is 4.39 Å². The number of nitrogens with zero attached hydrogens (tertiary/aromatic N) is 2. The third-order valence-corrected chi connectivity index (χ3v) is 4.18. The summed E-state index contributed by atoms with van der Waals surface area (Å²) in [5.41, 5.74) is 1.58. The number of benzene rings is 1. The highest BCUT2D eigenvalue weighted by atomic mass is 19.1. The van der Waals surface area contributed by atoms with E-state index in [9.17, 15) is 14.3 Å². The van der Waals surface area contributed by atoms with E-state index in [1.54, 1.807) is 23.2 Å². The van der Waals surface area contributed by atoms with Crippen LogP contribution in [0.25, 0.3) is 11.3 Å². The highest BCUT2D eigenvalue weighted by molar-refractivity contribution is 5.77. The summed E-state index contributed by atoms with van der Waals surface area (Å²) >= 11 is 0. The van der Waals surface area contributed by atoms with Crippen LogP contribution in [0.2, 0.25) is 0 Å². The van der Waals surface area contributed by atoms with Crippen LogP contribution in [0.5, 0.6) is 0 Å². The first kappa shape index (κ1) is 15.7. The van der Waals surface area contributed by atoms with Crippen LogP contribution in [0.4, 0.5) is 4.39 Å². The van der Waals surface area contributed by atoms with Crippen molar-refractivity contribution in [3.8, 4) is 11.3 Å². The smallest absolute Gasteiger partial charge is 0.222 e. The molecule has 23 heavy (non-hydrogen) atoms. The Balaban J connectivity index is 1.62. The Morgan fingerprint density at radius 2 is 2.00 bits per heavy atom. The number of carbonyl (C=O) groups excluding carboxylic acids is 1. The molecule has 0 atom stereocenters. The van der Waals surface area contributed by atoms with E-state index >= 15 is 0 Å². The van der Waals surface area contributed by atoms with Crippen molar-refractivity contribution in [3.05, 3.63) is 41.8 Å². The summed E-state index contributed by atoms with van der Waals surface area (Å²) in [4.78, 5) is 14.0. The van der Waals surface area contributed by atoms with E-state index in [0.717, 1.165) is 11.1 Å². The minimum absolute atomic E-state index is 0.0724. The van der Waals surface area contributed by atoms with Gasteiger partial charge in [-0.2, -0.15) is 0 Å². The number of piperidine rings is 1. The third kappa shape index (κ3) is 3.76. The van der Waals surface area contributed by atoms with Crippen LogP contribution in [-0.2, 0) is 11.2 Å². The lowest BCUT2D eigenvalue weighted by Crippen LogP contribution is -2.40. The first-order chi connectivity index (χ1) is 11.1. The van der Waals surface area contributed by atoms with E-state index in [1.807, 2.05) is 0 Å². The van der Waals surface area contributed by atoms with Crippen molar-refractivity contribution in [1.82, 2.24) is 10.1 Å². The molecular weight excluding hydrogens is 299 g/mol. The summed E-state index contributed by atoms with van der Waals surface area (Å²) in [5.74, 6) is 0.340. The number of halogens is 1. The van der Waals surface area contributed by atoms with Crippen LogP contribution in [0, 0.1) is 5.82 Å². The zero-order valence-corrected chi connectivity index (χ0v) is 12.7. The van der Waals surface area contributed by atoms with Crippen LogP contribution in [0.3, 0.4) is 0 Å². The summed E-state index contributed by atoms with van der Waals surface area (Å²) in [6.07, 6.45) is 3.48. The maximum atomic E-state index is 13.0. The molecule has 6 heteroatoms. The maximum absolute atomic E-state index is 13.0. The molecule has 1 fully saturated rings. The summed E-state index contributed by atoms with van der Waals surface area (Å²) in [6.45, 7) is 1.21. The standard InChI is InChI=1S/C17H19FN2O3/c18-14-4-1-12(2-5-14)17-13(11-19-23-17)3-6-16(22)20-9-7-15(21)8-10-20/h1-2,4-5,11,15,21H,3,6-10H2. The molecule has 0 spiro atoms. The molecular formula is C17H19FN2O3. The first-order valence-corrected chi connectivity index (χ1v) is 7.79. The van der Waals surface area contributed by atoms with Crippen molar-refractivity contribution in [3.63, 3.8) is 0 Å². The lowest BCUT2D eigenvalue weighted by Gasteiger charge is -2.29. The maximum Gasteiger partial charge on any atom is 0.222 e. The third-order valence-electron chi connectivity index (χ3n) is 4.18. The van der Waals surface area contributed by atoms with Crippen molar-refractivity contribution in [2.24, 2.45) is 0 Å². The summed E-state index contributed by atoms with van der Waals surface area (Å²) in [5, 5.41) is 13.3. The lowest BCUT2D eigenvalue weighted by molar-refractivity contribution is -0.133. The van der Waals surface area contributed by atoms with Gasteiger partial charge in [0.25, 0.3) is 0 Å². The summed E-state index contributed by atoms with van der Waals surface area (Å²) in [6, 6.07) is 6.00. The molecule has 0 bridgehead atoms. The Bertz CT molecular complexity index is 661. The second kappa shape index (κ2) is 6.91. The number of aromatic nitrogens is 1. The minimum Gasteiger partial charge on any atom is -0.393 e. The molecule has 0 saturated carbocycles. The van der Waals surface area contributed by atoms with Gasteiger partial charge in [0.1, 0.15) is 5.82 Å². The van der Waals surface area contributed by atoms with Crippen molar-refractivity contribution >= 4 is 5.91 Å². The SMILES string of the molecule is O=C(CCc1cnoc1-c1ccc(F)cc1)N1CCC(O)CC1. The lowest BCUT2D eigenvalue weighted by atomic mass is 10.0. The molecule has 0 radical (unpaired) electrons. The Morgan fingerprint density at radius 3 is 2.70 bits per heavy atom. The molecule has 1 saturated heterocycles. The fourth-order valence-corrected chi connectivity index (χ4v) is 2.79. The van der Waals surface area contributed by atoms with Gasteiger partial charge < -0.3 is 14.5 Å². The normalized spacial score (nSPS) is 15.8. The number of aliphatic hydroxyl groups is 1. The minimum atomic E-state index is -0.308. The van der Waals surface area contributed by atoms with E-state index in [0.29, 0.717) is 44.5 Å². The second-order valence-corrected chi connectivity index (χ2v) is 5.80. The fourth-order valence-electron chi connectivity index (χ4n) is 2.79. The van der Waals surface area contributed by atoms with Crippen molar-refractivity contribution < 1.29 is 18.8 Å². The molecule has 0 aliphatic carbocycles.